The number of benzene rings is 1. The molecule has 0 unspecified atom stereocenters. The third-order valence-corrected chi connectivity index (χ3v) is 4.65. The van der Waals surface area contributed by atoms with Crippen LogP contribution in [0.25, 0.3) is 0 Å². The number of halogens is 1. The Hall–Kier alpha value is -0.710. The molecule has 0 saturated heterocycles. The molecule has 0 aromatic heterocycles. The molecule has 0 aliphatic rings. The Balaban J connectivity index is 3.21. The van der Waals surface area contributed by atoms with Crippen molar-refractivity contribution in [1.82, 2.24) is 4.72 Å². The zero-order valence-electron chi connectivity index (χ0n) is 9.88. The maximum Gasteiger partial charge on any atom is 0.243 e. The summed E-state index contributed by atoms with van der Waals surface area (Å²) >= 11 is 3.12. The lowest BCUT2D eigenvalue weighted by Gasteiger charge is -2.28. The minimum Gasteiger partial charge on any atom is -0.398 e. The molecule has 0 aliphatic carbocycles. The van der Waals surface area contributed by atoms with Crippen molar-refractivity contribution in [2.24, 2.45) is 0 Å². The van der Waals surface area contributed by atoms with Crippen LogP contribution in [0.4, 0.5) is 5.69 Å². The maximum absolute atomic E-state index is 12.2. The Bertz CT molecular complexity index is 537. The van der Waals surface area contributed by atoms with E-state index in [4.69, 9.17) is 21.1 Å². The summed E-state index contributed by atoms with van der Waals surface area (Å²) < 4.78 is 26.9. The number of hydrogen-bond donors (Lipinski definition) is 5. The summed E-state index contributed by atoms with van der Waals surface area (Å²) in [4.78, 5) is -0.207. The lowest BCUT2D eigenvalue weighted by atomic mass is 10.1. The van der Waals surface area contributed by atoms with E-state index in [2.05, 4.69) is 20.7 Å². The first-order valence-electron chi connectivity index (χ1n) is 5.22. The van der Waals surface area contributed by atoms with Crippen molar-refractivity contribution in [2.75, 3.05) is 25.6 Å². The van der Waals surface area contributed by atoms with Crippen molar-refractivity contribution in [1.29, 1.82) is 0 Å². The van der Waals surface area contributed by atoms with E-state index in [-0.39, 0.29) is 10.6 Å². The van der Waals surface area contributed by atoms with E-state index in [1.165, 1.54) is 12.1 Å². The van der Waals surface area contributed by atoms with E-state index in [9.17, 15) is 8.42 Å². The van der Waals surface area contributed by atoms with E-state index >= 15 is 0 Å². The van der Waals surface area contributed by atoms with Gasteiger partial charge in [-0.2, -0.15) is 4.72 Å². The maximum atomic E-state index is 12.2. The quantitative estimate of drug-likeness (QED) is 0.417. The van der Waals surface area contributed by atoms with Crippen LogP contribution < -0.4 is 10.5 Å². The number of sulfonamides is 1. The standard InChI is InChI=1S/C10H15BrN2O5S/c11-7-1-2-8(12)9(3-7)19(17,18)13-10(4-14,5-15)6-16/h1-3,13-16H,4-6,12H2. The van der Waals surface area contributed by atoms with Gasteiger partial charge in [0.1, 0.15) is 10.4 Å². The van der Waals surface area contributed by atoms with Crippen molar-refractivity contribution in [2.45, 2.75) is 10.4 Å². The monoisotopic (exact) mass is 354 g/mol. The summed E-state index contributed by atoms with van der Waals surface area (Å²) in [6.07, 6.45) is 0. The van der Waals surface area contributed by atoms with Gasteiger partial charge in [-0.25, -0.2) is 8.42 Å². The summed E-state index contributed by atoms with van der Waals surface area (Å²) in [6, 6.07) is 4.26. The molecule has 7 nitrogen and oxygen atoms in total. The molecule has 0 spiro atoms. The predicted octanol–water partition coefficient (Wildman–Crippen LogP) is -0.975. The van der Waals surface area contributed by atoms with E-state index in [0.29, 0.717) is 4.47 Å². The van der Waals surface area contributed by atoms with Crippen LogP contribution in [-0.4, -0.2) is 49.1 Å². The number of aliphatic hydroxyl groups excluding tert-OH is 3. The number of rotatable bonds is 6. The number of nitrogen functional groups attached to an aromatic ring is 1. The van der Waals surface area contributed by atoms with Gasteiger partial charge in [0.15, 0.2) is 0 Å². The number of hydrogen-bond acceptors (Lipinski definition) is 6. The first-order valence-corrected chi connectivity index (χ1v) is 7.49. The molecule has 0 fully saturated rings. The lowest BCUT2D eigenvalue weighted by Crippen LogP contribution is -2.56. The highest BCUT2D eigenvalue weighted by Gasteiger charge is 2.34. The van der Waals surface area contributed by atoms with Crippen LogP contribution >= 0.6 is 15.9 Å². The van der Waals surface area contributed by atoms with E-state index in [1.807, 2.05) is 0 Å². The summed E-state index contributed by atoms with van der Waals surface area (Å²) in [5.41, 5.74) is 3.86. The summed E-state index contributed by atoms with van der Waals surface area (Å²) in [6.45, 7) is -2.27. The van der Waals surface area contributed by atoms with Crippen LogP contribution in [0, 0.1) is 0 Å². The van der Waals surface area contributed by atoms with E-state index in [0.717, 1.165) is 0 Å². The minimum absolute atomic E-state index is 0.0124. The zero-order chi connectivity index (χ0) is 14.7. The molecule has 1 aromatic carbocycles. The van der Waals surface area contributed by atoms with Crippen molar-refractivity contribution in [3.8, 4) is 0 Å². The molecule has 0 saturated carbocycles. The fourth-order valence-corrected chi connectivity index (χ4v) is 3.37. The van der Waals surface area contributed by atoms with Gasteiger partial charge < -0.3 is 21.1 Å². The van der Waals surface area contributed by atoms with Gasteiger partial charge in [-0.15, -0.1) is 0 Å². The van der Waals surface area contributed by atoms with Gasteiger partial charge in [0, 0.05) is 4.47 Å². The normalized spacial score (nSPS) is 12.6. The Morgan fingerprint density at radius 2 is 1.74 bits per heavy atom. The molecular weight excluding hydrogens is 340 g/mol. The molecule has 0 bridgehead atoms. The Labute approximate surface area is 119 Å². The van der Waals surface area contributed by atoms with Crippen LogP contribution in [0.5, 0.6) is 0 Å². The van der Waals surface area contributed by atoms with Crippen LogP contribution in [-0.2, 0) is 10.0 Å². The largest absolute Gasteiger partial charge is 0.398 e. The smallest absolute Gasteiger partial charge is 0.243 e. The average Bonchev–Trinajstić information content (AvgIpc) is 2.39. The molecule has 9 heteroatoms. The zero-order valence-corrected chi connectivity index (χ0v) is 12.3. The second-order valence-corrected chi connectivity index (χ2v) is 6.61. The third kappa shape index (κ3) is 3.65. The van der Waals surface area contributed by atoms with Crippen molar-refractivity contribution < 1.29 is 23.7 Å². The molecule has 0 heterocycles. The first-order chi connectivity index (χ1) is 8.80. The minimum atomic E-state index is -4.09. The summed E-state index contributed by atoms with van der Waals surface area (Å²) in [5, 5.41) is 27.4. The molecular formula is C10H15BrN2O5S. The Morgan fingerprint density at radius 1 is 1.21 bits per heavy atom. The van der Waals surface area contributed by atoms with Gasteiger partial charge in [0.2, 0.25) is 10.0 Å². The average molecular weight is 355 g/mol. The molecule has 1 aromatic rings. The second kappa shape index (κ2) is 6.16. The summed E-state index contributed by atoms with van der Waals surface area (Å²) in [5.74, 6) is 0. The highest BCUT2D eigenvalue weighted by molar-refractivity contribution is 9.10. The van der Waals surface area contributed by atoms with Gasteiger partial charge in [0.05, 0.1) is 25.5 Å². The van der Waals surface area contributed by atoms with Crippen LogP contribution in [0.15, 0.2) is 27.6 Å². The molecule has 0 radical (unpaired) electrons. The Morgan fingerprint density at radius 3 is 2.21 bits per heavy atom. The molecule has 0 amide bonds. The van der Waals surface area contributed by atoms with E-state index in [1.54, 1.807) is 6.07 Å². The van der Waals surface area contributed by atoms with Crippen LogP contribution in [0.3, 0.4) is 0 Å². The van der Waals surface area contributed by atoms with Crippen LogP contribution in [0.1, 0.15) is 0 Å². The number of anilines is 1. The molecule has 6 N–H and O–H groups in total. The van der Waals surface area contributed by atoms with Crippen LogP contribution in [0.2, 0.25) is 0 Å². The number of nitrogens with two attached hydrogens (primary N) is 1. The predicted molar refractivity (Wildman–Crippen MR) is 72.9 cm³/mol. The SMILES string of the molecule is Nc1ccc(Br)cc1S(=O)(=O)NC(CO)(CO)CO. The highest BCUT2D eigenvalue weighted by atomic mass is 79.9. The topological polar surface area (TPSA) is 133 Å². The fourth-order valence-electron chi connectivity index (χ4n) is 1.33. The number of nitrogens with one attached hydrogen (secondary N) is 1. The van der Waals surface area contributed by atoms with E-state index < -0.39 is 35.4 Å². The third-order valence-electron chi connectivity index (χ3n) is 2.52. The lowest BCUT2D eigenvalue weighted by molar-refractivity contribution is 0.0582. The first kappa shape index (κ1) is 16.3. The van der Waals surface area contributed by atoms with Crippen molar-refractivity contribution in [3.63, 3.8) is 0 Å². The van der Waals surface area contributed by atoms with Gasteiger partial charge in [-0.05, 0) is 18.2 Å². The molecule has 0 atom stereocenters. The van der Waals surface area contributed by atoms with Crippen molar-refractivity contribution >= 4 is 31.6 Å². The fraction of sp³-hybridized carbons (Fsp3) is 0.400. The second-order valence-electron chi connectivity index (χ2n) is 4.04. The van der Waals surface area contributed by atoms with Gasteiger partial charge in [-0.3, -0.25) is 0 Å². The molecule has 19 heavy (non-hydrogen) atoms. The Kier molecular flexibility index (Phi) is 5.30. The molecule has 1 rings (SSSR count). The molecule has 0 aliphatic heterocycles. The van der Waals surface area contributed by atoms with Gasteiger partial charge in [0.25, 0.3) is 0 Å². The molecule has 108 valence electrons. The van der Waals surface area contributed by atoms with Gasteiger partial charge in [-0.1, -0.05) is 15.9 Å². The van der Waals surface area contributed by atoms with Gasteiger partial charge >= 0.3 is 0 Å². The number of aliphatic hydroxyl groups is 3. The highest BCUT2D eigenvalue weighted by Crippen LogP contribution is 2.24. The summed E-state index contributed by atoms with van der Waals surface area (Å²) in [7, 11) is -4.09. The van der Waals surface area contributed by atoms with Crippen molar-refractivity contribution in [3.05, 3.63) is 22.7 Å².